The first-order valence-electron chi connectivity index (χ1n) is 7.83. The zero-order valence-electron chi connectivity index (χ0n) is 13.3. The Morgan fingerprint density at radius 2 is 2.26 bits per heavy atom. The number of pyridine rings is 1. The molecule has 23 heavy (non-hydrogen) atoms. The molecule has 1 unspecified atom stereocenters. The van der Waals surface area contributed by atoms with Gasteiger partial charge in [0.05, 0.1) is 26.9 Å². The van der Waals surface area contributed by atoms with E-state index < -0.39 is 0 Å². The predicted octanol–water partition coefficient (Wildman–Crippen LogP) is 0.419. The molecule has 6 heteroatoms. The van der Waals surface area contributed by atoms with Crippen molar-refractivity contribution < 1.29 is 24.1 Å². The molecule has 0 spiro atoms. The van der Waals surface area contributed by atoms with E-state index >= 15 is 0 Å². The SMILES string of the molecule is COc1c2c(cc3c1[C@H](Nc1cccc[nH+]1)[NH+](C)CC3)OCO2. The Morgan fingerprint density at radius 1 is 1.35 bits per heavy atom. The van der Waals surface area contributed by atoms with Crippen molar-refractivity contribution in [1.82, 2.24) is 0 Å². The van der Waals surface area contributed by atoms with E-state index in [9.17, 15) is 0 Å². The van der Waals surface area contributed by atoms with Crippen LogP contribution in [0, 0.1) is 0 Å². The van der Waals surface area contributed by atoms with Gasteiger partial charge in [0.1, 0.15) is 5.56 Å². The lowest BCUT2D eigenvalue weighted by Gasteiger charge is -2.30. The van der Waals surface area contributed by atoms with Crippen LogP contribution in [0.5, 0.6) is 17.2 Å². The molecular formula is C17H21N3O3+2. The van der Waals surface area contributed by atoms with Gasteiger partial charge < -0.3 is 14.2 Å². The normalized spacial score (nSPS) is 21.7. The van der Waals surface area contributed by atoms with Crippen molar-refractivity contribution >= 4 is 5.82 Å². The molecule has 0 radical (unpaired) electrons. The first-order valence-corrected chi connectivity index (χ1v) is 7.83. The molecule has 2 atom stereocenters. The highest BCUT2D eigenvalue weighted by atomic mass is 16.7. The van der Waals surface area contributed by atoms with E-state index in [0.717, 1.165) is 35.8 Å². The maximum absolute atomic E-state index is 5.70. The number of ether oxygens (including phenoxy) is 3. The number of quaternary nitrogens is 1. The van der Waals surface area contributed by atoms with Crippen LogP contribution in [-0.2, 0) is 6.42 Å². The van der Waals surface area contributed by atoms with Gasteiger partial charge in [-0.25, -0.2) is 10.3 Å². The number of likely N-dealkylation sites (N-methyl/N-ethyl adjacent to an activating group) is 1. The van der Waals surface area contributed by atoms with Crippen molar-refractivity contribution in [2.45, 2.75) is 12.6 Å². The molecule has 0 bridgehead atoms. The van der Waals surface area contributed by atoms with Gasteiger partial charge in [-0.3, -0.25) is 4.90 Å². The molecule has 120 valence electrons. The lowest BCUT2D eigenvalue weighted by Crippen LogP contribution is -3.11. The Hall–Kier alpha value is -2.47. The molecule has 3 heterocycles. The number of methoxy groups -OCH3 is 1. The smallest absolute Gasteiger partial charge is 0.277 e. The average Bonchev–Trinajstić information content (AvgIpc) is 3.04. The third-order valence-electron chi connectivity index (χ3n) is 4.53. The number of aromatic amines is 1. The van der Waals surface area contributed by atoms with Gasteiger partial charge >= 0.3 is 0 Å². The van der Waals surface area contributed by atoms with Crippen LogP contribution < -0.4 is 29.4 Å². The summed E-state index contributed by atoms with van der Waals surface area (Å²) in [7, 11) is 3.88. The van der Waals surface area contributed by atoms with Crippen molar-refractivity contribution in [3.05, 3.63) is 41.6 Å². The molecule has 1 aromatic carbocycles. The minimum absolute atomic E-state index is 0.0850. The fraction of sp³-hybridized carbons (Fsp3) is 0.353. The number of hydrogen-bond donors (Lipinski definition) is 2. The van der Waals surface area contributed by atoms with Crippen molar-refractivity contribution in [3.63, 3.8) is 0 Å². The second-order valence-corrected chi connectivity index (χ2v) is 5.92. The van der Waals surface area contributed by atoms with Crippen molar-refractivity contribution in [2.75, 3.05) is 32.8 Å². The van der Waals surface area contributed by atoms with Crippen molar-refractivity contribution in [2.24, 2.45) is 0 Å². The standard InChI is InChI=1S/C17H19N3O3/c1-20-8-6-11-9-12-15(23-10-22-12)16(21-2)14(11)17(20)19-13-5-3-4-7-18-13/h3-5,7,9,17H,6,8,10H2,1-2H3,(H,18,19)/p+2/t17-/m1/s1. The van der Waals surface area contributed by atoms with E-state index in [1.54, 1.807) is 7.11 Å². The number of aromatic nitrogens is 1. The van der Waals surface area contributed by atoms with Crippen LogP contribution >= 0.6 is 0 Å². The van der Waals surface area contributed by atoms with Gasteiger partial charge in [-0.05, 0) is 17.7 Å². The van der Waals surface area contributed by atoms with E-state index in [1.165, 1.54) is 10.5 Å². The van der Waals surface area contributed by atoms with Crippen LogP contribution in [0.25, 0.3) is 0 Å². The monoisotopic (exact) mass is 315 g/mol. The summed E-state index contributed by atoms with van der Waals surface area (Å²) in [5.41, 5.74) is 2.41. The molecule has 1 aromatic heterocycles. The zero-order chi connectivity index (χ0) is 15.8. The summed E-state index contributed by atoms with van der Waals surface area (Å²) < 4.78 is 16.9. The first kappa shape index (κ1) is 14.1. The number of fused-ring (bicyclic) bond motifs is 2. The van der Waals surface area contributed by atoms with E-state index in [1.807, 2.05) is 24.4 Å². The summed E-state index contributed by atoms with van der Waals surface area (Å²) in [6.07, 6.45) is 2.99. The largest absolute Gasteiger partial charge is 0.492 e. The van der Waals surface area contributed by atoms with Gasteiger partial charge in [0.15, 0.2) is 11.5 Å². The summed E-state index contributed by atoms with van der Waals surface area (Å²) in [6, 6.07) is 8.10. The average molecular weight is 315 g/mol. The lowest BCUT2D eigenvalue weighted by molar-refractivity contribution is -0.910. The number of H-pyrrole nitrogens is 1. The van der Waals surface area contributed by atoms with Gasteiger partial charge in [-0.15, -0.1) is 0 Å². The van der Waals surface area contributed by atoms with Gasteiger partial charge in [-0.2, -0.15) is 0 Å². The number of rotatable bonds is 3. The molecule has 4 rings (SSSR count). The number of nitrogens with one attached hydrogen (secondary N) is 3. The van der Waals surface area contributed by atoms with Crippen molar-refractivity contribution in [3.8, 4) is 17.2 Å². The summed E-state index contributed by atoms with van der Waals surface area (Å²) in [6.45, 7) is 1.29. The highest BCUT2D eigenvalue weighted by molar-refractivity contribution is 5.62. The molecule has 2 aliphatic heterocycles. The van der Waals surface area contributed by atoms with Crippen LogP contribution in [0.3, 0.4) is 0 Å². The predicted molar refractivity (Wildman–Crippen MR) is 83.9 cm³/mol. The molecular weight excluding hydrogens is 294 g/mol. The molecule has 0 aliphatic carbocycles. The third kappa shape index (κ3) is 2.35. The van der Waals surface area contributed by atoms with Crippen LogP contribution in [0.4, 0.5) is 5.82 Å². The fourth-order valence-electron chi connectivity index (χ4n) is 3.36. The fourth-order valence-corrected chi connectivity index (χ4v) is 3.36. The van der Waals surface area contributed by atoms with Gasteiger partial charge in [0.25, 0.3) is 12.0 Å². The van der Waals surface area contributed by atoms with Crippen LogP contribution in [-0.4, -0.2) is 27.5 Å². The highest BCUT2D eigenvalue weighted by Gasteiger charge is 2.39. The van der Waals surface area contributed by atoms with Gasteiger partial charge in [0, 0.05) is 12.5 Å². The van der Waals surface area contributed by atoms with E-state index in [4.69, 9.17) is 14.2 Å². The topological polar surface area (TPSA) is 58.3 Å². The Bertz CT molecular complexity index is 721. The molecule has 2 aliphatic rings. The molecule has 0 fully saturated rings. The van der Waals surface area contributed by atoms with Gasteiger partial charge in [-0.1, -0.05) is 6.07 Å². The quantitative estimate of drug-likeness (QED) is 0.862. The summed E-state index contributed by atoms with van der Waals surface area (Å²) in [5.74, 6) is 3.25. The second-order valence-electron chi connectivity index (χ2n) is 5.92. The molecule has 0 saturated carbocycles. The lowest BCUT2D eigenvalue weighted by atomic mass is 9.95. The van der Waals surface area contributed by atoms with Crippen LogP contribution in [0.1, 0.15) is 17.3 Å². The van der Waals surface area contributed by atoms with Crippen molar-refractivity contribution in [1.29, 1.82) is 0 Å². The Balaban J connectivity index is 1.80. The molecule has 0 saturated heterocycles. The first-order chi connectivity index (χ1) is 11.3. The number of anilines is 1. The Labute approximate surface area is 135 Å². The van der Waals surface area contributed by atoms with Crippen LogP contribution in [0.2, 0.25) is 0 Å². The number of benzene rings is 1. The number of hydrogen-bond acceptors (Lipinski definition) is 4. The van der Waals surface area contributed by atoms with E-state index in [0.29, 0.717) is 5.75 Å². The maximum Gasteiger partial charge on any atom is 0.277 e. The Kier molecular flexibility index (Phi) is 3.46. The molecule has 3 N–H and O–H groups in total. The van der Waals surface area contributed by atoms with E-state index in [-0.39, 0.29) is 13.0 Å². The summed E-state index contributed by atoms with van der Waals surface area (Å²) >= 11 is 0. The maximum atomic E-state index is 5.70. The highest BCUT2D eigenvalue weighted by Crippen LogP contribution is 2.47. The van der Waals surface area contributed by atoms with E-state index in [2.05, 4.69) is 23.4 Å². The summed E-state index contributed by atoms with van der Waals surface area (Å²) in [4.78, 5) is 4.62. The molecule has 2 aromatic rings. The summed E-state index contributed by atoms with van der Waals surface area (Å²) in [5, 5.41) is 3.58. The van der Waals surface area contributed by atoms with Gasteiger partial charge in [0.2, 0.25) is 12.5 Å². The zero-order valence-corrected chi connectivity index (χ0v) is 13.3. The molecule has 6 nitrogen and oxygen atoms in total. The second kappa shape index (κ2) is 5.62. The minimum atomic E-state index is 0.0850. The minimum Gasteiger partial charge on any atom is -0.492 e. The molecule has 0 amide bonds. The third-order valence-corrected chi connectivity index (χ3v) is 4.53. The van der Waals surface area contributed by atoms with Crippen LogP contribution in [0.15, 0.2) is 30.5 Å². The Morgan fingerprint density at radius 3 is 3.04 bits per heavy atom.